The van der Waals surface area contributed by atoms with Crippen LogP contribution in [0.3, 0.4) is 0 Å². The van der Waals surface area contributed by atoms with E-state index in [1.54, 1.807) is 47.8 Å². The standard InChI is InChI=1S/C25H34N8O4S/c1-15(2)21-20(30-25(38-21)27-14-34)24(37)29-17-11-19(33(6)13-17)23(36)28-16-10-18(32(5)12-16)22(35)26-8-7-9-31(3)4/h10-15H,7-9H2,1-6H3,(H,26,35)(H,28,36)(H,29,37)(H,27,30,34). The number of carbonyl (C=O) groups is 4. The molecule has 0 aliphatic carbocycles. The SMILES string of the molecule is CC(C)c1sc(NC=O)nc1C(=O)Nc1cc(C(=O)Nc2cc(C(=O)NCCCN(C)C)n(C)c2)n(C)c1. The molecule has 0 unspecified atom stereocenters. The van der Waals surface area contributed by atoms with Gasteiger partial charge in [-0.15, -0.1) is 11.3 Å². The van der Waals surface area contributed by atoms with Gasteiger partial charge < -0.3 is 35.3 Å². The van der Waals surface area contributed by atoms with Crippen LogP contribution in [0.5, 0.6) is 0 Å². The van der Waals surface area contributed by atoms with Crippen LogP contribution in [0, 0.1) is 0 Å². The van der Waals surface area contributed by atoms with E-state index in [1.807, 2.05) is 32.8 Å². The molecule has 0 aliphatic rings. The van der Waals surface area contributed by atoms with Crippen molar-refractivity contribution in [2.75, 3.05) is 43.1 Å². The van der Waals surface area contributed by atoms with Gasteiger partial charge in [-0.25, -0.2) is 4.98 Å². The minimum absolute atomic E-state index is 0.0310. The van der Waals surface area contributed by atoms with Crippen LogP contribution >= 0.6 is 11.3 Å². The molecule has 3 heterocycles. The minimum atomic E-state index is -0.439. The fourth-order valence-electron chi connectivity index (χ4n) is 3.79. The zero-order valence-electron chi connectivity index (χ0n) is 22.4. The molecule has 3 aromatic rings. The summed E-state index contributed by atoms with van der Waals surface area (Å²) < 4.78 is 3.25. The molecule has 0 fully saturated rings. The average Bonchev–Trinajstić information content (AvgIpc) is 3.53. The van der Waals surface area contributed by atoms with Gasteiger partial charge in [0.15, 0.2) is 5.13 Å². The van der Waals surface area contributed by atoms with Crippen LogP contribution < -0.4 is 21.3 Å². The Balaban J connectivity index is 1.67. The Hall–Kier alpha value is -3.97. The number of rotatable bonds is 12. The summed E-state index contributed by atoms with van der Waals surface area (Å²) in [4.78, 5) is 56.2. The smallest absolute Gasteiger partial charge is 0.275 e. The molecule has 12 nitrogen and oxygen atoms in total. The van der Waals surface area contributed by atoms with E-state index in [1.165, 1.54) is 11.3 Å². The fraction of sp³-hybridized carbons (Fsp3) is 0.400. The summed E-state index contributed by atoms with van der Waals surface area (Å²) in [6.07, 6.45) is 4.63. The maximum Gasteiger partial charge on any atom is 0.275 e. The highest BCUT2D eigenvalue weighted by Gasteiger charge is 2.22. The number of hydrogen-bond acceptors (Lipinski definition) is 7. The molecule has 0 aromatic carbocycles. The molecule has 0 aliphatic heterocycles. The molecule has 4 N–H and O–H groups in total. The third-order valence-corrected chi connectivity index (χ3v) is 6.92. The highest BCUT2D eigenvalue weighted by molar-refractivity contribution is 7.16. The molecule has 0 bridgehead atoms. The van der Waals surface area contributed by atoms with E-state index in [0.717, 1.165) is 17.8 Å². The van der Waals surface area contributed by atoms with Crippen molar-refractivity contribution >= 4 is 52.0 Å². The van der Waals surface area contributed by atoms with Crippen molar-refractivity contribution in [2.24, 2.45) is 14.1 Å². The van der Waals surface area contributed by atoms with Crippen molar-refractivity contribution in [1.29, 1.82) is 0 Å². The Labute approximate surface area is 225 Å². The first-order valence-corrected chi connectivity index (χ1v) is 12.9. The summed E-state index contributed by atoms with van der Waals surface area (Å²) in [6.45, 7) is 5.29. The van der Waals surface area contributed by atoms with Crippen molar-refractivity contribution in [3.8, 4) is 0 Å². The van der Waals surface area contributed by atoms with Crippen LogP contribution in [0.15, 0.2) is 24.5 Å². The van der Waals surface area contributed by atoms with Gasteiger partial charge in [-0.2, -0.15) is 0 Å². The summed E-state index contributed by atoms with van der Waals surface area (Å²) in [5.74, 6) is -1.02. The predicted octanol–water partition coefficient (Wildman–Crippen LogP) is 2.70. The lowest BCUT2D eigenvalue weighted by Gasteiger charge is -2.10. The topological polar surface area (TPSA) is 142 Å². The van der Waals surface area contributed by atoms with Crippen molar-refractivity contribution < 1.29 is 19.2 Å². The van der Waals surface area contributed by atoms with Crippen LogP contribution in [0.2, 0.25) is 0 Å². The summed E-state index contributed by atoms with van der Waals surface area (Å²) in [6, 6.07) is 3.17. The Morgan fingerprint density at radius 3 is 2.13 bits per heavy atom. The maximum absolute atomic E-state index is 13.0. The van der Waals surface area contributed by atoms with E-state index in [-0.39, 0.29) is 17.5 Å². The molecule has 204 valence electrons. The van der Waals surface area contributed by atoms with Gasteiger partial charge in [0.05, 0.1) is 11.4 Å². The second kappa shape index (κ2) is 12.5. The normalized spacial score (nSPS) is 11.1. The summed E-state index contributed by atoms with van der Waals surface area (Å²) in [5, 5.41) is 11.3. The Bertz CT molecular complexity index is 1320. The Morgan fingerprint density at radius 1 is 1.00 bits per heavy atom. The fourth-order valence-corrected chi connectivity index (χ4v) is 4.71. The highest BCUT2D eigenvalue weighted by atomic mass is 32.1. The number of thiazole rings is 1. The number of nitrogens with zero attached hydrogens (tertiary/aromatic N) is 4. The number of anilines is 3. The van der Waals surface area contributed by atoms with Crippen molar-refractivity contribution in [2.45, 2.75) is 26.2 Å². The molecule has 0 spiro atoms. The zero-order chi connectivity index (χ0) is 28.0. The minimum Gasteiger partial charge on any atom is -0.351 e. The molecular weight excluding hydrogens is 508 g/mol. The van der Waals surface area contributed by atoms with Gasteiger partial charge in [-0.1, -0.05) is 13.8 Å². The molecule has 0 atom stereocenters. The quantitative estimate of drug-likeness (QED) is 0.205. The van der Waals surface area contributed by atoms with Crippen LogP contribution in [0.4, 0.5) is 16.5 Å². The largest absolute Gasteiger partial charge is 0.351 e. The lowest BCUT2D eigenvalue weighted by Crippen LogP contribution is -2.28. The molecule has 13 heteroatoms. The zero-order valence-corrected chi connectivity index (χ0v) is 23.2. The number of carbonyl (C=O) groups excluding carboxylic acids is 4. The highest BCUT2D eigenvalue weighted by Crippen LogP contribution is 2.30. The molecule has 0 saturated carbocycles. The average molecular weight is 543 g/mol. The van der Waals surface area contributed by atoms with E-state index < -0.39 is 11.8 Å². The Kier molecular flexibility index (Phi) is 9.42. The molecule has 0 radical (unpaired) electrons. The van der Waals surface area contributed by atoms with E-state index in [9.17, 15) is 19.2 Å². The van der Waals surface area contributed by atoms with Gasteiger partial charge >= 0.3 is 0 Å². The number of nitrogens with one attached hydrogen (secondary N) is 4. The van der Waals surface area contributed by atoms with E-state index in [2.05, 4.69) is 26.3 Å². The first-order valence-electron chi connectivity index (χ1n) is 12.1. The monoisotopic (exact) mass is 542 g/mol. The second-order valence-corrected chi connectivity index (χ2v) is 10.5. The summed E-state index contributed by atoms with van der Waals surface area (Å²) in [7, 11) is 7.38. The van der Waals surface area contributed by atoms with Crippen LogP contribution in [0.1, 0.15) is 62.5 Å². The lowest BCUT2D eigenvalue weighted by molar-refractivity contribution is -0.105. The van der Waals surface area contributed by atoms with Crippen LogP contribution in [0.25, 0.3) is 0 Å². The third-order valence-electron chi connectivity index (χ3n) is 5.63. The molecule has 4 amide bonds. The number of aryl methyl sites for hydroxylation is 2. The first kappa shape index (κ1) is 28.6. The number of aromatic nitrogens is 3. The van der Waals surface area contributed by atoms with Crippen molar-refractivity contribution in [1.82, 2.24) is 24.3 Å². The van der Waals surface area contributed by atoms with Gasteiger partial charge in [-0.3, -0.25) is 19.2 Å². The molecular formula is C25H34N8O4S. The van der Waals surface area contributed by atoms with Gasteiger partial charge in [0.25, 0.3) is 17.7 Å². The Morgan fingerprint density at radius 2 is 1.58 bits per heavy atom. The summed E-state index contributed by atoms with van der Waals surface area (Å²) >= 11 is 1.24. The van der Waals surface area contributed by atoms with Crippen molar-refractivity contribution in [3.05, 3.63) is 46.5 Å². The van der Waals surface area contributed by atoms with Crippen LogP contribution in [-0.4, -0.2) is 70.3 Å². The second-order valence-electron chi connectivity index (χ2n) is 9.42. The first-order chi connectivity index (χ1) is 18.0. The number of hydrogen-bond donors (Lipinski definition) is 4. The lowest BCUT2D eigenvalue weighted by atomic mass is 10.1. The molecule has 38 heavy (non-hydrogen) atoms. The molecule has 3 rings (SSSR count). The van der Waals surface area contributed by atoms with E-state index >= 15 is 0 Å². The number of amides is 4. The molecule has 3 aromatic heterocycles. The van der Waals surface area contributed by atoms with Crippen molar-refractivity contribution in [3.63, 3.8) is 0 Å². The van der Waals surface area contributed by atoms with Gasteiger partial charge in [0.2, 0.25) is 6.41 Å². The third kappa shape index (κ3) is 7.07. The van der Waals surface area contributed by atoms with Crippen LogP contribution in [-0.2, 0) is 18.9 Å². The maximum atomic E-state index is 13.0. The summed E-state index contributed by atoms with van der Waals surface area (Å²) in [5.41, 5.74) is 1.85. The van der Waals surface area contributed by atoms with Gasteiger partial charge in [-0.05, 0) is 45.1 Å². The van der Waals surface area contributed by atoms with Gasteiger partial charge in [0.1, 0.15) is 17.1 Å². The predicted molar refractivity (Wildman–Crippen MR) is 148 cm³/mol. The molecule has 0 saturated heterocycles. The van der Waals surface area contributed by atoms with E-state index in [4.69, 9.17) is 0 Å². The van der Waals surface area contributed by atoms with Gasteiger partial charge in [0, 0.05) is 37.9 Å². The van der Waals surface area contributed by atoms with E-state index in [0.29, 0.717) is 40.8 Å².